The first-order valence-electron chi connectivity index (χ1n) is 9.55. The zero-order valence-electron chi connectivity index (χ0n) is 15.6. The summed E-state index contributed by atoms with van der Waals surface area (Å²) in [5, 5.41) is 13.9. The summed E-state index contributed by atoms with van der Waals surface area (Å²) in [6.07, 6.45) is 8.62. The maximum absolute atomic E-state index is 13.0. The van der Waals surface area contributed by atoms with Gasteiger partial charge in [-0.25, -0.2) is 0 Å². The summed E-state index contributed by atoms with van der Waals surface area (Å²) in [6, 6.07) is 0.364. The predicted octanol–water partition coefficient (Wildman–Crippen LogP) is 2.56. The molecule has 5 heteroatoms. The molecular formula is C20H31NO4. The van der Waals surface area contributed by atoms with E-state index < -0.39 is 11.5 Å². The summed E-state index contributed by atoms with van der Waals surface area (Å²) in [7, 11) is 3.62. The van der Waals surface area contributed by atoms with E-state index in [2.05, 4.69) is 18.3 Å². The number of fused-ring (bicyclic) bond motifs is 1. The van der Waals surface area contributed by atoms with Crippen molar-refractivity contribution < 1.29 is 19.4 Å². The van der Waals surface area contributed by atoms with Crippen molar-refractivity contribution in [3.8, 4) is 0 Å². The Morgan fingerprint density at radius 1 is 1.48 bits per heavy atom. The largest absolute Gasteiger partial charge is 0.493 e. The highest BCUT2D eigenvalue weighted by Crippen LogP contribution is 2.56. The van der Waals surface area contributed by atoms with Gasteiger partial charge in [0, 0.05) is 23.8 Å². The number of aliphatic hydroxyl groups is 1. The number of aliphatic hydroxyl groups excluding tert-OH is 1. The zero-order valence-corrected chi connectivity index (χ0v) is 15.6. The Balaban J connectivity index is 2.11. The lowest BCUT2D eigenvalue weighted by Gasteiger charge is -2.40. The van der Waals surface area contributed by atoms with E-state index in [0.717, 1.165) is 37.9 Å². The second-order valence-corrected chi connectivity index (χ2v) is 7.65. The Bertz CT molecular complexity index is 570. The number of hydrogen-bond acceptors (Lipinski definition) is 5. The number of rotatable bonds is 5. The monoisotopic (exact) mass is 349 g/mol. The van der Waals surface area contributed by atoms with Gasteiger partial charge in [-0.15, -0.1) is 0 Å². The van der Waals surface area contributed by atoms with E-state index in [0.29, 0.717) is 18.2 Å². The molecule has 0 spiro atoms. The van der Waals surface area contributed by atoms with Crippen LogP contribution in [0.4, 0.5) is 0 Å². The molecule has 1 saturated heterocycles. The first-order chi connectivity index (χ1) is 12.1. The molecule has 1 aliphatic heterocycles. The number of methoxy groups -OCH3 is 1. The fraction of sp³-hybridized carbons (Fsp3) is 0.750. The zero-order chi connectivity index (χ0) is 18.0. The van der Waals surface area contributed by atoms with Gasteiger partial charge < -0.3 is 19.9 Å². The molecule has 3 aliphatic rings. The molecule has 0 aromatic heterocycles. The van der Waals surface area contributed by atoms with Crippen LogP contribution in [0.2, 0.25) is 0 Å². The maximum Gasteiger partial charge on any atom is 0.173 e. The van der Waals surface area contributed by atoms with Crippen LogP contribution in [-0.4, -0.2) is 43.8 Å². The molecule has 1 saturated carbocycles. The first kappa shape index (κ1) is 18.5. The minimum absolute atomic E-state index is 0.000278. The summed E-state index contributed by atoms with van der Waals surface area (Å²) in [5.41, 5.74) is -0.546. The third-order valence-corrected chi connectivity index (χ3v) is 6.30. The molecule has 1 heterocycles. The van der Waals surface area contributed by atoms with Crippen LogP contribution in [-0.2, 0) is 14.3 Å². The Hall–Kier alpha value is -1.33. The lowest BCUT2D eigenvalue weighted by Crippen LogP contribution is -2.47. The number of carbonyl (C=O) groups excluding carboxylic acids is 1. The quantitative estimate of drug-likeness (QED) is 0.798. The van der Waals surface area contributed by atoms with Crippen LogP contribution in [0.25, 0.3) is 0 Å². The van der Waals surface area contributed by atoms with Gasteiger partial charge in [-0.05, 0) is 44.7 Å². The van der Waals surface area contributed by atoms with E-state index in [1.807, 2.05) is 13.1 Å². The molecule has 0 radical (unpaired) electrons. The Morgan fingerprint density at radius 3 is 2.92 bits per heavy atom. The lowest BCUT2D eigenvalue weighted by atomic mass is 9.61. The molecule has 0 aromatic rings. The Labute approximate surface area is 150 Å². The summed E-state index contributed by atoms with van der Waals surface area (Å²) in [6.45, 7) is 2.07. The first-order valence-corrected chi connectivity index (χ1v) is 9.55. The summed E-state index contributed by atoms with van der Waals surface area (Å²) in [4.78, 5) is 13.0. The molecule has 3 rings (SSSR count). The summed E-state index contributed by atoms with van der Waals surface area (Å²) >= 11 is 0. The summed E-state index contributed by atoms with van der Waals surface area (Å²) in [5.74, 6) is 1.83. The molecule has 2 unspecified atom stereocenters. The topological polar surface area (TPSA) is 67.8 Å². The standard InChI is InChI=1S/C20H31NO4/c1-4-10-20(12-22)17-13-8-9-16(24-3)18(17)25-19(20)15(23)7-5-6-14(11-13)21-2/h8-9,13-14,17,19,21-22H,4-7,10-12H2,1-3H3/t13?,14-,17?,19-,20-/m0/s1. The van der Waals surface area contributed by atoms with Gasteiger partial charge in [0.2, 0.25) is 0 Å². The second-order valence-electron chi connectivity index (χ2n) is 7.65. The molecule has 5 nitrogen and oxygen atoms in total. The van der Waals surface area contributed by atoms with Crippen molar-refractivity contribution >= 4 is 5.78 Å². The van der Waals surface area contributed by atoms with E-state index in [9.17, 15) is 9.90 Å². The van der Waals surface area contributed by atoms with Gasteiger partial charge in [-0.1, -0.05) is 19.4 Å². The van der Waals surface area contributed by atoms with Crippen LogP contribution in [0.3, 0.4) is 0 Å². The van der Waals surface area contributed by atoms with Crippen molar-refractivity contribution in [3.63, 3.8) is 0 Å². The lowest BCUT2D eigenvalue weighted by molar-refractivity contribution is -0.134. The highest BCUT2D eigenvalue weighted by molar-refractivity contribution is 5.85. The summed E-state index contributed by atoms with van der Waals surface area (Å²) < 4.78 is 11.8. The van der Waals surface area contributed by atoms with Crippen molar-refractivity contribution in [1.82, 2.24) is 5.32 Å². The number of allylic oxidation sites excluding steroid dienone is 3. The highest BCUT2D eigenvalue weighted by Gasteiger charge is 2.60. The van der Waals surface area contributed by atoms with Gasteiger partial charge in [0.05, 0.1) is 13.7 Å². The SMILES string of the molecule is CCC[C@]1(CO)C2C3=C(OC)C=CC2C[C@@H](NC)CCCC(=O)[C@@H]1O3. The number of ether oxygens (including phenoxy) is 2. The number of nitrogens with one attached hydrogen (secondary N) is 1. The molecule has 2 fully saturated rings. The van der Waals surface area contributed by atoms with Gasteiger partial charge in [0.25, 0.3) is 0 Å². The second kappa shape index (κ2) is 7.50. The maximum atomic E-state index is 13.0. The number of carbonyl (C=O) groups is 1. The van der Waals surface area contributed by atoms with Gasteiger partial charge in [-0.2, -0.15) is 0 Å². The fourth-order valence-corrected chi connectivity index (χ4v) is 5.12. The van der Waals surface area contributed by atoms with Crippen LogP contribution in [0.15, 0.2) is 23.7 Å². The molecule has 0 aromatic carbocycles. The van der Waals surface area contributed by atoms with Crippen LogP contribution < -0.4 is 5.32 Å². The molecule has 2 aliphatic carbocycles. The van der Waals surface area contributed by atoms with Gasteiger partial charge in [0.15, 0.2) is 17.6 Å². The van der Waals surface area contributed by atoms with Crippen molar-refractivity contribution in [2.45, 2.75) is 57.6 Å². The normalized spacial score (nSPS) is 37.8. The highest BCUT2D eigenvalue weighted by atomic mass is 16.5. The average Bonchev–Trinajstić information content (AvgIpc) is 2.96. The van der Waals surface area contributed by atoms with Crippen molar-refractivity contribution in [2.24, 2.45) is 17.3 Å². The van der Waals surface area contributed by atoms with Gasteiger partial charge >= 0.3 is 0 Å². The molecule has 5 atom stereocenters. The number of ketones is 1. The predicted molar refractivity (Wildman–Crippen MR) is 95.8 cm³/mol. The van der Waals surface area contributed by atoms with E-state index in [4.69, 9.17) is 9.47 Å². The van der Waals surface area contributed by atoms with Crippen LogP contribution >= 0.6 is 0 Å². The molecular weight excluding hydrogens is 318 g/mol. The van der Waals surface area contributed by atoms with Gasteiger partial charge in [0.1, 0.15) is 5.76 Å². The minimum Gasteiger partial charge on any atom is -0.493 e. The van der Waals surface area contributed by atoms with Crippen molar-refractivity contribution in [3.05, 3.63) is 23.7 Å². The third kappa shape index (κ3) is 3.02. The number of hydrogen-bond donors (Lipinski definition) is 2. The minimum atomic E-state index is -0.559. The van der Waals surface area contributed by atoms with Crippen LogP contribution in [0.1, 0.15) is 45.4 Å². The molecule has 25 heavy (non-hydrogen) atoms. The Kier molecular flexibility index (Phi) is 5.54. The number of Topliss-reactive ketones (excluding diaryl/α,β-unsaturated/α-hetero) is 1. The van der Waals surface area contributed by atoms with E-state index in [1.54, 1.807) is 7.11 Å². The molecule has 2 N–H and O–H groups in total. The van der Waals surface area contributed by atoms with Crippen LogP contribution in [0, 0.1) is 17.3 Å². The average molecular weight is 349 g/mol. The van der Waals surface area contributed by atoms with E-state index >= 15 is 0 Å². The van der Waals surface area contributed by atoms with Gasteiger partial charge in [-0.3, -0.25) is 4.79 Å². The molecule has 140 valence electrons. The van der Waals surface area contributed by atoms with Crippen LogP contribution in [0.5, 0.6) is 0 Å². The van der Waals surface area contributed by atoms with Crippen molar-refractivity contribution in [2.75, 3.05) is 20.8 Å². The van der Waals surface area contributed by atoms with E-state index in [1.165, 1.54) is 0 Å². The smallest absolute Gasteiger partial charge is 0.173 e. The third-order valence-electron chi connectivity index (χ3n) is 6.30. The van der Waals surface area contributed by atoms with Crippen molar-refractivity contribution in [1.29, 1.82) is 0 Å². The molecule has 0 amide bonds. The van der Waals surface area contributed by atoms with E-state index in [-0.39, 0.29) is 24.2 Å². The molecule has 2 bridgehead atoms. The fourth-order valence-electron chi connectivity index (χ4n) is 5.12. The Morgan fingerprint density at radius 2 is 2.28 bits per heavy atom.